The Labute approximate surface area is 211 Å². The van der Waals surface area contributed by atoms with E-state index in [1.807, 2.05) is 36.6 Å². The molecular weight excluding hydrogens is 481 g/mol. The Kier molecular flexibility index (Phi) is 7.08. The fraction of sp³-hybridized carbons (Fsp3) is 0.269. The number of imidazole rings is 1. The number of hydrogen-bond acceptors (Lipinski definition) is 6. The number of nitrogens with one attached hydrogen (secondary N) is 3. The number of pyridine rings is 1. The van der Waals surface area contributed by atoms with Crippen molar-refractivity contribution in [1.82, 2.24) is 25.6 Å². The maximum Gasteiger partial charge on any atom is 0.315 e. The topological polar surface area (TPSA) is 101 Å². The van der Waals surface area contributed by atoms with Crippen molar-refractivity contribution in [3.63, 3.8) is 0 Å². The lowest BCUT2D eigenvalue weighted by Crippen LogP contribution is -2.58. The van der Waals surface area contributed by atoms with E-state index in [0.717, 1.165) is 23.2 Å². The second-order valence-corrected chi connectivity index (χ2v) is 9.85. The van der Waals surface area contributed by atoms with Crippen LogP contribution in [0.25, 0.3) is 22.5 Å². The Balaban J connectivity index is 1.25. The molecule has 0 spiro atoms. The normalized spacial score (nSPS) is 19.7. The monoisotopic (exact) mass is 507 g/mol. The van der Waals surface area contributed by atoms with Crippen molar-refractivity contribution in [1.29, 1.82) is 0 Å². The number of benzene rings is 1. The second kappa shape index (κ2) is 10.6. The van der Waals surface area contributed by atoms with Gasteiger partial charge in [0.05, 0.1) is 30.1 Å². The highest BCUT2D eigenvalue weighted by molar-refractivity contribution is 7.09. The standard InChI is InChI=1S/C26H26FN5O3S/c1-26(32-25(33)29-13-10-20-3-2-14-36-20)15-34-24(35-16-26)23-30-21(17-4-6-19(27)7-5-17)22(31-23)18-8-11-28-12-9-18/h2-9,11-12,14,24H,10,13,15-16H2,1H3,(H,30,31)(H2,29,32,33). The third-order valence-corrected chi connectivity index (χ3v) is 6.73. The number of amides is 2. The second-order valence-electron chi connectivity index (χ2n) is 8.81. The molecule has 1 saturated heterocycles. The first kappa shape index (κ1) is 24.1. The molecule has 0 saturated carbocycles. The number of carbonyl (C=O) groups excluding carboxylic acids is 1. The number of carbonyl (C=O) groups is 1. The van der Waals surface area contributed by atoms with Crippen LogP contribution in [0, 0.1) is 5.82 Å². The minimum Gasteiger partial charge on any atom is -0.343 e. The molecule has 0 bridgehead atoms. The highest BCUT2D eigenvalue weighted by Crippen LogP contribution is 2.34. The van der Waals surface area contributed by atoms with Crippen molar-refractivity contribution < 1.29 is 18.7 Å². The number of aromatic nitrogens is 3. The predicted octanol–water partition coefficient (Wildman–Crippen LogP) is 4.69. The molecule has 0 atom stereocenters. The first-order valence-electron chi connectivity index (χ1n) is 11.6. The number of H-pyrrole nitrogens is 1. The van der Waals surface area contributed by atoms with Crippen molar-refractivity contribution in [3.05, 3.63) is 82.8 Å². The molecule has 1 aliphatic rings. The van der Waals surface area contributed by atoms with Crippen LogP contribution in [-0.2, 0) is 15.9 Å². The van der Waals surface area contributed by atoms with Gasteiger partial charge in [-0.2, -0.15) is 0 Å². The van der Waals surface area contributed by atoms with Crippen LogP contribution in [0.5, 0.6) is 0 Å². The van der Waals surface area contributed by atoms with Crippen LogP contribution in [0.1, 0.15) is 23.9 Å². The molecule has 1 fully saturated rings. The zero-order valence-corrected chi connectivity index (χ0v) is 20.5. The van der Waals surface area contributed by atoms with E-state index in [-0.39, 0.29) is 25.1 Å². The summed E-state index contributed by atoms with van der Waals surface area (Å²) in [4.78, 5) is 25.7. The van der Waals surface area contributed by atoms with E-state index in [1.165, 1.54) is 17.0 Å². The van der Waals surface area contributed by atoms with E-state index in [2.05, 4.69) is 20.6 Å². The number of rotatable bonds is 7. The number of nitrogens with zero attached hydrogens (tertiary/aromatic N) is 2. The molecule has 2 amide bonds. The Morgan fingerprint density at radius 1 is 1.14 bits per heavy atom. The van der Waals surface area contributed by atoms with E-state index < -0.39 is 11.8 Å². The fourth-order valence-electron chi connectivity index (χ4n) is 3.96. The van der Waals surface area contributed by atoms with E-state index in [1.54, 1.807) is 35.9 Å². The van der Waals surface area contributed by atoms with Gasteiger partial charge in [0.2, 0.25) is 6.29 Å². The van der Waals surface area contributed by atoms with Gasteiger partial charge >= 0.3 is 6.03 Å². The van der Waals surface area contributed by atoms with Gasteiger partial charge in [-0.15, -0.1) is 11.3 Å². The van der Waals surface area contributed by atoms with E-state index >= 15 is 0 Å². The van der Waals surface area contributed by atoms with Crippen LogP contribution >= 0.6 is 11.3 Å². The molecule has 3 aromatic heterocycles. The lowest BCUT2D eigenvalue weighted by Gasteiger charge is -2.37. The smallest absolute Gasteiger partial charge is 0.315 e. The molecule has 3 N–H and O–H groups in total. The van der Waals surface area contributed by atoms with Gasteiger partial charge < -0.3 is 25.1 Å². The van der Waals surface area contributed by atoms with Crippen LogP contribution < -0.4 is 10.6 Å². The highest BCUT2D eigenvalue weighted by Gasteiger charge is 2.36. The van der Waals surface area contributed by atoms with Gasteiger partial charge in [-0.1, -0.05) is 6.07 Å². The summed E-state index contributed by atoms with van der Waals surface area (Å²) in [5, 5.41) is 7.85. The fourth-order valence-corrected chi connectivity index (χ4v) is 4.67. The van der Waals surface area contributed by atoms with Gasteiger partial charge in [0.25, 0.3) is 0 Å². The quantitative estimate of drug-likeness (QED) is 0.337. The molecule has 8 nitrogen and oxygen atoms in total. The Bertz CT molecular complexity index is 1290. The van der Waals surface area contributed by atoms with E-state index in [0.29, 0.717) is 18.1 Å². The molecule has 186 valence electrons. The summed E-state index contributed by atoms with van der Waals surface area (Å²) in [7, 11) is 0. The van der Waals surface area contributed by atoms with Gasteiger partial charge in [-0.25, -0.2) is 14.2 Å². The molecule has 4 heterocycles. The minimum absolute atomic E-state index is 0.243. The molecular formula is C26H26FN5O3S. The largest absolute Gasteiger partial charge is 0.343 e. The van der Waals surface area contributed by atoms with Crippen LogP contribution in [0.3, 0.4) is 0 Å². The molecule has 36 heavy (non-hydrogen) atoms. The third-order valence-electron chi connectivity index (χ3n) is 5.79. The summed E-state index contributed by atoms with van der Waals surface area (Å²) in [6, 6.07) is 13.7. The third kappa shape index (κ3) is 5.62. The number of halogens is 1. The van der Waals surface area contributed by atoms with Crippen molar-refractivity contribution in [3.8, 4) is 22.5 Å². The molecule has 1 aliphatic heterocycles. The summed E-state index contributed by atoms with van der Waals surface area (Å²) in [6.45, 7) is 2.90. The maximum absolute atomic E-state index is 13.5. The van der Waals surface area contributed by atoms with Crippen LogP contribution in [0.15, 0.2) is 66.3 Å². The van der Waals surface area contributed by atoms with E-state index in [4.69, 9.17) is 14.5 Å². The van der Waals surface area contributed by atoms with Crippen molar-refractivity contribution in [2.75, 3.05) is 19.8 Å². The molecule has 0 unspecified atom stereocenters. The summed E-state index contributed by atoms with van der Waals surface area (Å²) in [5.41, 5.74) is 2.35. The summed E-state index contributed by atoms with van der Waals surface area (Å²) in [6.07, 6.45) is 3.43. The summed E-state index contributed by atoms with van der Waals surface area (Å²) in [5.74, 6) is 0.171. The number of hydrogen-bond donors (Lipinski definition) is 3. The van der Waals surface area contributed by atoms with Crippen molar-refractivity contribution >= 4 is 17.4 Å². The number of thiophene rings is 1. The molecule has 1 aromatic carbocycles. The van der Waals surface area contributed by atoms with Gasteiger partial charge in [0.1, 0.15) is 5.82 Å². The Hall–Kier alpha value is -3.60. The van der Waals surface area contributed by atoms with Crippen LogP contribution in [0.4, 0.5) is 9.18 Å². The summed E-state index contributed by atoms with van der Waals surface area (Å²) < 4.78 is 25.5. The molecule has 5 rings (SSSR count). The van der Waals surface area contributed by atoms with Gasteiger partial charge in [-0.05, 0) is 61.2 Å². The number of aromatic amines is 1. The molecule has 4 aromatic rings. The lowest BCUT2D eigenvalue weighted by molar-refractivity contribution is -0.215. The van der Waals surface area contributed by atoms with Gasteiger partial charge in [0, 0.05) is 34.9 Å². The number of ether oxygens (including phenoxy) is 2. The molecule has 0 radical (unpaired) electrons. The van der Waals surface area contributed by atoms with Crippen LogP contribution in [-0.4, -0.2) is 46.3 Å². The van der Waals surface area contributed by atoms with E-state index in [9.17, 15) is 9.18 Å². The Morgan fingerprint density at radius 2 is 1.89 bits per heavy atom. The average molecular weight is 508 g/mol. The summed E-state index contributed by atoms with van der Waals surface area (Å²) >= 11 is 1.67. The van der Waals surface area contributed by atoms with Gasteiger partial charge in [-0.3, -0.25) is 4.98 Å². The maximum atomic E-state index is 13.5. The van der Waals surface area contributed by atoms with Crippen molar-refractivity contribution in [2.24, 2.45) is 0 Å². The van der Waals surface area contributed by atoms with Crippen LogP contribution in [0.2, 0.25) is 0 Å². The Morgan fingerprint density at radius 3 is 2.58 bits per heavy atom. The zero-order valence-electron chi connectivity index (χ0n) is 19.7. The minimum atomic E-state index is -0.739. The average Bonchev–Trinajstić information content (AvgIpc) is 3.56. The SMILES string of the molecule is CC1(NC(=O)NCCc2cccs2)COC(c2nc(-c3ccc(F)cc3)c(-c3ccncc3)[nH]2)OC1. The molecule has 10 heteroatoms. The van der Waals surface area contributed by atoms with Gasteiger partial charge in [0.15, 0.2) is 5.82 Å². The highest BCUT2D eigenvalue weighted by atomic mass is 32.1. The first-order valence-corrected chi connectivity index (χ1v) is 12.4. The van der Waals surface area contributed by atoms with Crippen molar-refractivity contribution in [2.45, 2.75) is 25.2 Å². The zero-order chi connectivity index (χ0) is 25.0. The lowest BCUT2D eigenvalue weighted by atomic mass is 10.1. The predicted molar refractivity (Wildman–Crippen MR) is 135 cm³/mol. The first-order chi connectivity index (χ1) is 17.5. The number of urea groups is 1. The molecule has 0 aliphatic carbocycles.